The molecule has 4 heteroatoms. The molecule has 0 bridgehead atoms. The molecule has 0 aliphatic heterocycles. The number of rotatable bonds is 4. The molecule has 1 aromatic heterocycles. The number of likely N-dealkylation sites (N-methyl/N-ethyl adjacent to an activating group) is 1. The van der Waals surface area contributed by atoms with E-state index in [-0.39, 0.29) is 11.6 Å². The molecule has 0 aromatic carbocycles. The van der Waals surface area contributed by atoms with Crippen molar-refractivity contribution in [3.05, 3.63) is 27.9 Å². The molecule has 0 aliphatic carbocycles. The van der Waals surface area contributed by atoms with E-state index in [1.54, 1.807) is 10.8 Å². The normalized spacial score (nSPS) is 11.0. The number of aromatic nitrogens is 2. The van der Waals surface area contributed by atoms with Crippen molar-refractivity contribution >= 4 is 0 Å². The Kier molecular flexibility index (Phi) is 4.03. The summed E-state index contributed by atoms with van der Waals surface area (Å²) in [5.41, 5.74) is 0.872. The van der Waals surface area contributed by atoms with Gasteiger partial charge in [0.05, 0.1) is 0 Å². The highest BCUT2D eigenvalue weighted by molar-refractivity contribution is 5.08. The fraction of sp³-hybridized carbons (Fsp3) is 0.636. The highest BCUT2D eigenvalue weighted by Gasteiger charge is 2.09. The van der Waals surface area contributed by atoms with E-state index in [1.165, 1.54) is 0 Å². The Balaban J connectivity index is 3.11. The molecule has 1 aromatic rings. The first kappa shape index (κ1) is 11.9. The quantitative estimate of drug-likeness (QED) is 0.801. The van der Waals surface area contributed by atoms with Crippen LogP contribution in [0.25, 0.3) is 0 Å². The van der Waals surface area contributed by atoms with E-state index >= 15 is 0 Å². The molecule has 1 heterocycles. The van der Waals surface area contributed by atoms with Crippen LogP contribution >= 0.6 is 0 Å². The van der Waals surface area contributed by atoms with Gasteiger partial charge in [0.1, 0.15) is 5.82 Å². The van der Waals surface area contributed by atoms with Gasteiger partial charge in [0.15, 0.2) is 0 Å². The van der Waals surface area contributed by atoms with Gasteiger partial charge in [-0.15, -0.1) is 0 Å². The predicted octanol–water partition coefficient (Wildman–Crippen LogP) is 0.895. The first-order chi connectivity index (χ1) is 7.07. The molecule has 0 unspecified atom stereocenters. The maximum Gasteiger partial charge on any atom is 0.256 e. The van der Waals surface area contributed by atoms with Gasteiger partial charge in [-0.1, -0.05) is 0 Å². The maximum atomic E-state index is 12.0. The third-order valence-corrected chi connectivity index (χ3v) is 2.41. The van der Waals surface area contributed by atoms with Crippen LogP contribution in [0.4, 0.5) is 0 Å². The molecule has 0 radical (unpaired) electrons. The minimum Gasteiger partial charge on any atom is -0.319 e. The summed E-state index contributed by atoms with van der Waals surface area (Å²) in [4.78, 5) is 16.3. The van der Waals surface area contributed by atoms with E-state index in [2.05, 4.69) is 10.3 Å². The number of hydrogen-bond donors (Lipinski definition) is 1. The Labute approximate surface area is 90.3 Å². The average Bonchev–Trinajstić information content (AvgIpc) is 2.16. The van der Waals surface area contributed by atoms with Crippen LogP contribution in [0.2, 0.25) is 0 Å². The van der Waals surface area contributed by atoms with Crippen LogP contribution in [0.3, 0.4) is 0 Å². The van der Waals surface area contributed by atoms with Crippen molar-refractivity contribution in [3.8, 4) is 0 Å². The summed E-state index contributed by atoms with van der Waals surface area (Å²) in [6.07, 6.45) is 2.42. The van der Waals surface area contributed by atoms with Crippen LogP contribution in [-0.4, -0.2) is 23.1 Å². The minimum atomic E-state index is 0.0905. The average molecular weight is 209 g/mol. The number of nitrogens with one attached hydrogen (secondary N) is 1. The monoisotopic (exact) mass is 209 g/mol. The Morgan fingerprint density at radius 2 is 2.20 bits per heavy atom. The van der Waals surface area contributed by atoms with E-state index in [0.29, 0.717) is 0 Å². The molecule has 4 nitrogen and oxygen atoms in total. The molecule has 0 saturated heterocycles. The van der Waals surface area contributed by atoms with E-state index in [0.717, 1.165) is 24.4 Å². The molecular weight excluding hydrogens is 190 g/mol. The summed E-state index contributed by atoms with van der Waals surface area (Å²) in [5.74, 6) is 0.781. The van der Waals surface area contributed by atoms with Crippen LogP contribution in [-0.2, 0) is 6.42 Å². The highest BCUT2D eigenvalue weighted by atomic mass is 16.1. The smallest absolute Gasteiger partial charge is 0.256 e. The molecule has 15 heavy (non-hydrogen) atoms. The van der Waals surface area contributed by atoms with Gasteiger partial charge in [0.2, 0.25) is 0 Å². The summed E-state index contributed by atoms with van der Waals surface area (Å²) in [6.45, 7) is 6.66. The molecule has 84 valence electrons. The van der Waals surface area contributed by atoms with Gasteiger partial charge in [-0.3, -0.25) is 9.36 Å². The molecule has 0 saturated carbocycles. The van der Waals surface area contributed by atoms with Crippen LogP contribution in [0.15, 0.2) is 11.0 Å². The molecule has 0 amide bonds. The van der Waals surface area contributed by atoms with Crippen molar-refractivity contribution in [2.75, 3.05) is 13.6 Å². The summed E-state index contributed by atoms with van der Waals surface area (Å²) < 4.78 is 1.74. The zero-order valence-electron chi connectivity index (χ0n) is 9.87. The second kappa shape index (κ2) is 5.07. The second-order valence-corrected chi connectivity index (χ2v) is 3.95. The number of hydrogen-bond acceptors (Lipinski definition) is 3. The van der Waals surface area contributed by atoms with Crippen molar-refractivity contribution in [2.24, 2.45) is 0 Å². The molecule has 0 spiro atoms. The second-order valence-electron chi connectivity index (χ2n) is 3.95. The van der Waals surface area contributed by atoms with E-state index in [1.807, 2.05) is 27.8 Å². The van der Waals surface area contributed by atoms with Crippen molar-refractivity contribution < 1.29 is 0 Å². The molecule has 0 fully saturated rings. The molecule has 1 N–H and O–H groups in total. The van der Waals surface area contributed by atoms with E-state index in [9.17, 15) is 4.79 Å². The predicted molar refractivity (Wildman–Crippen MR) is 61.2 cm³/mol. The fourth-order valence-corrected chi connectivity index (χ4v) is 1.63. The Bertz CT molecular complexity index is 382. The SMILES string of the molecule is CNCCc1cnc(C)n(C(C)C)c1=O. The van der Waals surface area contributed by atoms with Gasteiger partial charge >= 0.3 is 0 Å². The van der Waals surface area contributed by atoms with Crippen LogP contribution in [0.5, 0.6) is 0 Å². The topological polar surface area (TPSA) is 46.9 Å². The number of aryl methyl sites for hydroxylation is 1. The standard InChI is InChI=1S/C11H19N3O/c1-8(2)14-9(3)13-7-10(11(14)15)5-6-12-4/h7-8,12H,5-6H2,1-4H3. The van der Waals surface area contributed by atoms with Gasteiger partial charge < -0.3 is 5.32 Å². The van der Waals surface area contributed by atoms with Gasteiger partial charge in [-0.2, -0.15) is 0 Å². The van der Waals surface area contributed by atoms with Crippen molar-refractivity contribution in [3.63, 3.8) is 0 Å². The first-order valence-corrected chi connectivity index (χ1v) is 5.29. The Morgan fingerprint density at radius 1 is 1.53 bits per heavy atom. The van der Waals surface area contributed by atoms with Crippen molar-refractivity contribution in [1.82, 2.24) is 14.9 Å². The molecular formula is C11H19N3O. The molecule has 0 aliphatic rings. The Morgan fingerprint density at radius 3 is 2.73 bits per heavy atom. The zero-order valence-corrected chi connectivity index (χ0v) is 9.87. The third-order valence-electron chi connectivity index (χ3n) is 2.41. The lowest BCUT2D eigenvalue weighted by molar-refractivity contribution is 0.541. The zero-order chi connectivity index (χ0) is 11.4. The van der Waals surface area contributed by atoms with Gasteiger partial charge in [-0.25, -0.2) is 4.98 Å². The summed E-state index contributed by atoms with van der Waals surface area (Å²) in [6, 6.07) is 0.166. The van der Waals surface area contributed by atoms with E-state index in [4.69, 9.17) is 0 Å². The third kappa shape index (κ3) is 2.65. The van der Waals surface area contributed by atoms with Crippen molar-refractivity contribution in [2.45, 2.75) is 33.2 Å². The lowest BCUT2D eigenvalue weighted by atomic mass is 10.2. The van der Waals surface area contributed by atoms with Crippen LogP contribution < -0.4 is 10.9 Å². The van der Waals surface area contributed by atoms with Crippen LogP contribution in [0, 0.1) is 6.92 Å². The lowest BCUT2D eigenvalue weighted by Crippen LogP contribution is -2.29. The Hall–Kier alpha value is -1.16. The van der Waals surface area contributed by atoms with Gasteiger partial charge in [-0.05, 0) is 40.8 Å². The highest BCUT2D eigenvalue weighted by Crippen LogP contribution is 2.03. The van der Waals surface area contributed by atoms with Crippen LogP contribution in [0.1, 0.15) is 31.3 Å². The summed E-state index contributed by atoms with van der Waals surface area (Å²) in [7, 11) is 1.88. The number of nitrogens with zero attached hydrogens (tertiary/aromatic N) is 2. The lowest BCUT2D eigenvalue weighted by Gasteiger charge is -2.14. The van der Waals surface area contributed by atoms with Gasteiger partial charge in [0, 0.05) is 17.8 Å². The summed E-state index contributed by atoms with van der Waals surface area (Å²) in [5, 5.41) is 3.03. The fourth-order valence-electron chi connectivity index (χ4n) is 1.63. The minimum absolute atomic E-state index is 0.0905. The van der Waals surface area contributed by atoms with Gasteiger partial charge in [0.25, 0.3) is 5.56 Å². The largest absolute Gasteiger partial charge is 0.319 e. The maximum absolute atomic E-state index is 12.0. The summed E-state index contributed by atoms with van der Waals surface area (Å²) >= 11 is 0. The van der Waals surface area contributed by atoms with E-state index < -0.39 is 0 Å². The molecule has 0 atom stereocenters. The molecule has 1 rings (SSSR count). The first-order valence-electron chi connectivity index (χ1n) is 5.29. The van der Waals surface area contributed by atoms with Crippen molar-refractivity contribution in [1.29, 1.82) is 0 Å².